The Morgan fingerprint density at radius 3 is 2.57 bits per heavy atom. The van der Waals surface area contributed by atoms with Crippen LogP contribution in [-0.4, -0.2) is 71.0 Å². The van der Waals surface area contributed by atoms with Crippen LogP contribution in [0.5, 0.6) is 0 Å². The highest BCUT2D eigenvalue weighted by Crippen LogP contribution is 2.19. The number of nitrogens with zero attached hydrogens (tertiary/aromatic N) is 6. The lowest BCUT2D eigenvalue weighted by atomic mass is 10.3. The fourth-order valence-corrected chi connectivity index (χ4v) is 3.92. The summed E-state index contributed by atoms with van der Waals surface area (Å²) in [5.74, 6) is 1.82. The molecule has 11 heteroatoms. The summed E-state index contributed by atoms with van der Waals surface area (Å²) in [6.45, 7) is 9.74. The Balaban J connectivity index is 1.48. The van der Waals surface area contributed by atoms with Crippen LogP contribution in [0.4, 0.5) is 16.5 Å². The van der Waals surface area contributed by atoms with E-state index < -0.39 is 4.92 Å². The minimum absolute atomic E-state index is 0.0894. The number of hydrogen-bond acceptors (Lipinski definition) is 8. The number of piperazine rings is 1. The van der Waals surface area contributed by atoms with Gasteiger partial charge in [0.1, 0.15) is 5.82 Å². The van der Waals surface area contributed by atoms with Crippen LogP contribution in [0.25, 0.3) is 0 Å². The molecule has 0 bridgehead atoms. The van der Waals surface area contributed by atoms with Crippen LogP contribution in [0.3, 0.4) is 0 Å². The van der Waals surface area contributed by atoms with E-state index in [9.17, 15) is 10.1 Å². The van der Waals surface area contributed by atoms with Gasteiger partial charge in [-0.1, -0.05) is 6.92 Å². The summed E-state index contributed by atoms with van der Waals surface area (Å²) in [6.07, 6.45) is 0.863. The van der Waals surface area contributed by atoms with E-state index in [1.807, 2.05) is 0 Å². The van der Waals surface area contributed by atoms with Crippen molar-refractivity contribution in [2.75, 3.05) is 56.0 Å². The molecular formula is C19H28N8O2S. The highest BCUT2D eigenvalue weighted by atomic mass is 32.1. The van der Waals surface area contributed by atoms with Crippen molar-refractivity contribution in [2.45, 2.75) is 20.3 Å². The molecule has 1 aromatic heterocycles. The number of aryl methyl sites for hydroxylation is 1. The number of rotatable bonds is 8. The van der Waals surface area contributed by atoms with E-state index in [-0.39, 0.29) is 5.69 Å². The SMILES string of the molecule is CCNC(=NCCNc1ccc([N+](=O)[O-])cc1)N1CCN(c2nc(CC)ns2)CC1. The molecule has 162 valence electrons. The Bertz CT molecular complexity index is 846. The molecule has 0 amide bonds. The number of benzene rings is 1. The molecule has 2 heterocycles. The summed E-state index contributed by atoms with van der Waals surface area (Å²) in [6, 6.07) is 6.42. The lowest BCUT2D eigenvalue weighted by Crippen LogP contribution is -2.52. The van der Waals surface area contributed by atoms with Gasteiger partial charge in [0.25, 0.3) is 5.69 Å². The van der Waals surface area contributed by atoms with E-state index >= 15 is 0 Å². The third-order valence-electron chi connectivity index (χ3n) is 4.74. The zero-order chi connectivity index (χ0) is 21.3. The Morgan fingerprint density at radius 1 is 1.23 bits per heavy atom. The second kappa shape index (κ2) is 10.7. The Labute approximate surface area is 180 Å². The molecule has 1 fully saturated rings. The third-order valence-corrected chi connectivity index (χ3v) is 5.55. The Morgan fingerprint density at radius 2 is 1.97 bits per heavy atom. The average Bonchev–Trinajstić information content (AvgIpc) is 3.26. The van der Waals surface area contributed by atoms with Crippen LogP contribution in [-0.2, 0) is 6.42 Å². The molecule has 2 N–H and O–H groups in total. The first kappa shape index (κ1) is 21.8. The van der Waals surface area contributed by atoms with Gasteiger partial charge in [0.15, 0.2) is 5.96 Å². The van der Waals surface area contributed by atoms with Crippen molar-refractivity contribution in [3.05, 3.63) is 40.2 Å². The van der Waals surface area contributed by atoms with Gasteiger partial charge in [-0.25, -0.2) is 4.98 Å². The fraction of sp³-hybridized carbons (Fsp3) is 0.526. The molecule has 0 unspecified atom stereocenters. The first-order chi connectivity index (χ1) is 14.6. The standard InChI is InChI=1S/C19H28N8O2S/c1-3-17-23-19(30-24-17)26-13-11-25(12-14-26)18(20-4-2)22-10-9-21-15-5-7-16(8-6-15)27(28)29/h5-8,21H,3-4,9-14H2,1-2H3,(H,20,22). The first-order valence-corrected chi connectivity index (χ1v) is 11.0. The van der Waals surface area contributed by atoms with Gasteiger partial charge in [0.05, 0.1) is 11.5 Å². The number of non-ortho nitro benzene ring substituents is 1. The maximum atomic E-state index is 10.7. The van der Waals surface area contributed by atoms with E-state index in [0.717, 1.165) is 61.7 Å². The Kier molecular flexibility index (Phi) is 7.77. The maximum Gasteiger partial charge on any atom is 0.269 e. The molecule has 0 atom stereocenters. The largest absolute Gasteiger partial charge is 0.383 e. The Hall–Kier alpha value is -2.95. The highest BCUT2D eigenvalue weighted by molar-refractivity contribution is 7.09. The third kappa shape index (κ3) is 5.78. The van der Waals surface area contributed by atoms with Crippen molar-refractivity contribution in [3.8, 4) is 0 Å². The summed E-state index contributed by atoms with van der Waals surface area (Å²) >= 11 is 1.47. The van der Waals surface area contributed by atoms with Gasteiger partial charge < -0.3 is 20.4 Å². The van der Waals surface area contributed by atoms with Gasteiger partial charge in [-0.2, -0.15) is 4.37 Å². The molecule has 1 aromatic carbocycles. The van der Waals surface area contributed by atoms with Crippen LogP contribution >= 0.6 is 11.5 Å². The van der Waals surface area contributed by atoms with Crippen molar-refractivity contribution < 1.29 is 4.92 Å². The molecular weight excluding hydrogens is 404 g/mol. The smallest absolute Gasteiger partial charge is 0.269 e. The zero-order valence-electron chi connectivity index (χ0n) is 17.4. The molecule has 1 saturated heterocycles. The summed E-state index contributed by atoms with van der Waals surface area (Å²) in [5.41, 5.74) is 0.935. The molecule has 0 aliphatic carbocycles. The number of guanidine groups is 1. The minimum atomic E-state index is -0.399. The van der Waals surface area contributed by atoms with Gasteiger partial charge in [-0.3, -0.25) is 15.1 Å². The minimum Gasteiger partial charge on any atom is -0.383 e. The number of nitro benzene ring substituents is 1. The van der Waals surface area contributed by atoms with E-state index in [2.05, 4.69) is 43.6 Å². The summed E-state index contributed by atoms with van der Waals surface area (Å²) < 4.78 is 4.38. The predicted molar refractivity (Wildman–Crippen MR) is 121 cm³/mol. The second-order valence-corrected chi connectivity index (χ2v) is 7.52. The quantitative estimate of drug-likeness (QED) is 0.215. The van der Waals surface area contributed by atoms with Gasteiger partial charge >= 0.3 is 0 Å². The number of nitrogens with one attached hydrogen (secondary N) is 2. The molecule has 3 rings (SSSR count). The van der Waals surface area contributed by atoms with Crippen molar-refractivity contribution in [1.29, 1.82) is 0 Å². The molecule has 1 aliphatic rings. The van der Waals surface area contributed by atoms with Crippen LogP contribution < -0.4 is 15.5 Å². The molecule has 0 radical (unpaired) electrons. The zero-order valence-corrected chi connectivity index (χ0v) is 18.2. The summed E-state index contributed by atoms with van der Waals surface area (Å²) in [7, 11) is 0. The summed E-state index contributed by atoms with van der Waals surface area (Å²) in [5, 5.41) is 18.3. The number of anilines is 2. The fourth-order valence-electron chi connectivity index (χ4n) is 3.12. The maximum absolute atomic E-state index is 10.7. The molecule has 2 aromatic rings. The van der Waals surface area contributed by atoms with Gasteiger partial charge in [0.2, 0.25) is 5.13 Å². The van der Waals surface area contributed by atoms with Gasteiger partial charge in [-0.15, -0.1) is 0 Å². The number of nitro groups is 1. The molecule has 1 aliphatic heterocycles. The normalized spacial score (nSPS) is 14.7. The van der Waals surface area contributed by atoms with Crippen LogP contribution in [0.2, 0.25) is 0 Å². The molecule has 0 spiro atoms. The summed E-state index contributed by atoms with van der Waals surface area (Å²) in [4.78, 5) is 24.2. The van der Waals surface area contributed by atoms with E-state index in [4.69, 9.17) is 4.99 Å². The lowest BCUT2D eigenvalue weighted by molar-refractivity contribution is -0.384. The van der Waals surface area contributed by atoms with Crippen LogP contribution in [0.15, 0.2) is 29.3 Å². The average molecular weight is 433 g/mol. The van der Waals surface area contributed by atoms with Crippen molar-refractivity contribution >= 4 is 34.0 Å². The van der Waals surface area contributed by atoms with Crippen molar-refractivity contribution in [3.63, 3.8) is 0 Å². The molecule has 10 nitrogen and oxygen atoms in total. The van der Waals surface area contributed by atoms with E-state index in [1.54, 1.807) is 12.1 Å². The van der Waals surface area contributed by atoms with Crippen molar-refractivity contribution in [1.82, 2.24) is 19.6 Å². The van der Waals surface area contributed by atoms with Gasteiger partial charge in [0, 0.05) is 75.0 Å². The molecule has 30 heavy (non-hydrogen) atoms. The monoisotopic (exact) mass is 432 g/mol. The number of aromatic nitrogens is 2. The topological polar surface area (TPSA) is 112 Å². The highest BCUT2D eigenvalue weighted by Gasteiger charge is 2.21. The van der Waals surface area contributed by atoms with Gasteiger partial charge in [-0.05, 0) is 19.1 Å². The van der Waals surface area contributed by atoms with E-state index in [0.29, 0.717) is 13.1 Å². The number of hydrogen-bond donors (Lipinski definition) is 2. The predicted octanol–water partition coefficient (Wildman–Crippen LogP) is 2.21. The van der Waals surface area contributed by atoms with E-state index in [1.165, 1.54) is 23.7 Å². The number of aliphatic imine (C=N–C) groups is 1. The molecule has 0 saturated carbocycles. The van der Waals surface area contributed by atoms with Crippen LogP contribution in [0.1, 0.15) is 19.7 Å². The second-order valence-electron chi connectivity index (χ2n) is 6.79. The van der Waals surface area contributed by atoms with Crippen LogP contribution in [0, 0.1) is 10.1 Å². The van der Waals surface area contributed by atoms with Crippen molar-refractivity contribution in [2.24, 2.45) is 4.99 Å². The first-order valence-electron chi connectivity index (χ1n) is 10.2. The lowest BCUT2D eigenvalue weighted by Gasteiger charge is -2.36.